The van der Waals surface area contributed by atoms with Gasteiger partial charge in [-0.05, 0) is 23.8 Å². The highest BCUT2D eigenvalue weighted by atomic mass is 35.5. The van der Waals surface area contributed by atoms with Crippen LogP contribution >= 0.6 is 11.6 Å². The van der Waals surface area contributed by atoms with Crippen molar-refractivity contribution in [1.82, 2.24) is 5.32 Å². The Balaban J connectivity index is 2.02. The second-order valence-electron chi connectivity index (χ2n) is 5.58. The molecule has 0 unspecified atom stereocenters. The minimum Gasteiger partial charge on any atom is -0.467 e. The maximum Gasteiger partial charge on any atom is 0.254 e. The van der Waals surface area contributed by atoms with Crippen LogP contribution in [0.25, 0.3) is 0 Å². The molecular formula is C16H19ClN2O2. The highest BCUT2D eigenvalue weighted by Gasteiger charge is 2.22. The molecule has 1 heterocycles. The van der Waals surface area contributed by atoms with E-state index in [2.05, 4.69) is 19.2 Å². The topological polar surface area (TPSA) is 68.3 Å². The molecule has 0 aliphatic heterocycles. The van der Waals surface area contributed by atoms with E-state index in [0.29, 0.717) is 22.9 Å². The van der Waals surface area contributed by atoms with Crippen molar-refractivity contribution < 1.29 is 9.21 Å². The van der Waals surface area contributed by atoms with Crippen LogP contribution in [0.4, 0.5) is 0 Å². The molecule has 0 saturated heterocycles. The molecule has 0 fully saturated rings. The summed E-state index contributed by atoms with van der Waals surface area (Å²) in [5, 5.41) is 3.60. The lowest BCUT2D eigenvalue weighted by Crippen LogP contribution is -2.36. The third-order valence-electron chi connectivity index (χ3n) is 3.41. The Morgan fingerprint density at radius 2 is 2.14 bits per heavy atom. The zero-order valence-electron chi connectivity index (χ0n) is 12.2. The van der Waals surface area contributed by atoms with Crippen molar-refractivity contribution in [1.29, 1.82) is 0 Å². The molecule has 2 rings (SSSR count). The fraction of sp³-hybridized carbons (Fsp3) is 0.312. The van der Waals surface area contributed by atoms with Gasteiger partial charge < -0.3 is 15.5 Å². The molecule has 0 saturated carbocycles. The molecule has 0 radical (unpaired) electrons. The van der Waals surface area contributed by atoms with Crippen LogP contribution in [-0.4, -0.2) is 12.5 Å². The van der Waals surface area contributed by atoms with Crippen LogP contribution in [0.15, 0.2) is 41.0 Å². The predicted octanol–water partition coefficient (Wildman–Crippen LogP) is 3.10. The number of nitrogens with two attached hydrogens (primary N) is 1. The summed E-state index contributed by atoms with van der Waals surface area (Å²) in [7, 11) is 0. The zero-order valence-corrected chi connectivity index (χ0v) is 12.9. The summed E-state index contributed by atoms with van der Waals surface area (Å²) in [5.74, 6) is 0.419. The van der Waals surface area contributed by atoms with Gasteiger partial charge in [-0.15, -0.1) is 0 Å². The maximum atomic E-state index is 12.1. The van der Waals surface area contributed by atoms with Crippen LogP contribution in [0.5, 0.6) is 0 Å². The van der Waals surface area contributed by atoms with Crippen LogP contribution in [0, 0.1) is 0 Å². The zero-order chi connectivity index (χ0) is 15.5. The van der Waals surface area contributed by atoms with E-state index in [0.717, 1.165) is 5.56 Å². The fourth-order valence-electron chi connectivity index (χ4n) is 2.02. The summed E-state index contributed by atoms with van der Waals surface area (Å²) in [4.78, 5) is 12.1. The van der Waals surface area contributed by atoms with Gasteiger partial charge >= 0.3 is 0 Å². The molecule has 4 nitrogen and oxygen atoms in total. The first-order valence-corrected chi connectivity index (χ1v) is 7.12. The van der Waals surface area contributed by atoms with Gasteiger partial charge in [0.2, 0.25) is 0 Å². The average Bonchev–Trinajstić information content (AvgIpc) is 2.94. The van der Waals surface area contributed by atoms with Gasteiger partial charge in [-0.2, -0.15) is 0 Å². The molecule has 0 spiro atoms. The number of furan rings is 1. The van der Waals surface area contributed by atoms with Gasteiger partial charge in [-0.1, -0.05) is 37.6 Å². The highest BCUT2D eigenvalue weighted by Crippen LogP contribution is 2.25. The van der Waals surface area contributed by atoms with Gasteiger partial charge in [0.05, 0.1) is 12.1 Å². The highest BCUT2D eigenvalue weighted by molar-refractivity contribution is 6.30. The first-order chi connectivity index (χ1) is 9.92. The summed E-state index contributed by atoms with van der Waals surface area (Å²) in [6.07, 6.45) is 1.42. The molecule has 0 aliphatic rings. The summed E-state index contributed by atoms with van der Waals surface area (Å²) in [6.45, 7) is 4.88. The molecular weight excluding hydrogens is 288 g/mol. The van der Waals surface area contributed by atoms with E-state index in [4.69, 9.17) is 21.8 Å². The number of hydrogen-bond acceptors (Lipinski definition) is 3. The van der Waals surface area contributed by atoms with Gasteiger partial charge in [0, 0.05) is 17.0 Å². The van der Waals surface area contributed by atoms with E-state index in [1.165, 1.54) is 6.26 Å². The lowest BCUT2D eigenvalue weighted by molar-refractivity contribution is 0.0945. The lowest BCUT2D eigenvalue weighted by Gasteiger charge is -2.25. The monoisotopic (exact) mass is 306 g/mol. The first kappa shape index (κ1) is 15.6. The van der Waals surface area contributed by atoms with E-state index >= 15 is 0 Å². The maximum absolute atomic E-state index is 12.1. The molecule has 112 valence electrons. The Bertz CT molecular complexity index is 635. The molecule has 1 amide bonds. The Morgan fingerprint density at radius 3 is 2.76 bits per heavy atom. The SMILES string of the molecule is CC(C)(CNC(=O)c1coc(CN)c1)c1cccc(Cl)c1. The van der Waals surface area contributed by atoms with Gasteiger partial charge in [-0.25, -0.2) is 0 Å². The van der Waals surface area contributed by atoms with Crippen LogP contribution < -0.4 is 11.1 Å². The van der Waals surface area contributed by atoms with Crippen molar-refractivity contribution in [3.8, 4) is 0 Å². The van der Waals surface area contributed by atoms with Crippen LogP contribution in [0.3, 0.4) is 0 Å². The summed E-state index contributed by atoms with van der Waals surface area (Å²) < 4.78 is 5.16. The minimum atomic E-state index is -0.221. The molecule has 1 aromatic carbocycles. The van der Waals surface area contributed by atoms with E-state index in [9.17, 15) is 4.79 Å². The Morgan fingerprint density at radius 1 is 1.38 bits per heavy atom. The molecule has 3 N–H and O–H groups in total. The largest absolute Gasteiger partial charge is 0.467 e. The Hall–Kier alpha value is -1.78. The third-order valence-corrected chi connectivity index (χ3v) is 3.65. The Kier molecular flexibility index (Phi) is 4.70. The van der Waals surface area contributed by atoms with Gasteiger partial charge in [0.1, 0.15) is 12.0 Å². The molecule has 0 atom stereocenters. The van der Waals surface area contributed by atoms with Crippen molar-refractivity contribution >= 4 is 17.5 Å². The summed E-state index contributed by atoms with van der Waals surface area (Å²) >= 11 is 6.02. The number of rotatable bonds is 5. The third kappa shape index (κ3) is 3.86. The number of halogens is 1. The van der Waals surface area contributed by atoms with Crippen LogP contribution in [0.2, 0.25) is 5.02 Å². The number of hydrogen-bond donors (Lipinski definition) is 2. The average molecular weight is 307 g/mol. The molecule has 1 aromatic heterocycles. The standard InChI is InChI=1S/C16H19ClN2O2/c1-16(2,12-4-3-5-13(17)7-12)10-19-15(20)11-6-14(8-18)21-9-11/h3-7,9H,8,10,18H2,1-2H3,(H,19,20). The quantitative estimate of drug-likeness (QED) is 0.892. The number of carbonyl (C=O) groups excluding carboxylic acids is 1. The fourth-order valence-corrected chi connectivity index (χ4v) is 2.21. The van der Waals surface area contributed by atoms with Gasteiger partial charge in [0.15, 0.2) is 0 Å². The normalized spacial score (nSPS) is 11.4. The second kappa shape index (κ2) is 6.33. The molecule has 0 bridgehead atoms. The van der Waals surface area contributed by atoms with Crippen molar-refractivity contribution in [2.75, 3.05) is 6.54 Å². The van der Waals surface area contributed by atoms with Crippen molar-refractivity contribution in [2.45, 2.75) is 25.8 Å². The summed E-state index contributed by atoms with van der Waals surface area (Å²) in [5.41, 5.74) is 6.80. The molecule has 5 heteroatoms. The molecule has 21 heavy (non-hydrogen) atoms. The first-order valence-electron chi connectivity index (χ1n) is 6.74. The number of benzene rings is 1. The van der Waals surface area contributed by atoms with E-state index in [-0.39, 0.29) is 17.9 Å². The number of carbonyl (C=O) groups is 1. The van der Waals surface area contributed by atoms with Gasteiger partial charge in [0.25, 0.3) is 5.91 Å². The van der Waals surface area contributed by atoms with Gasteiger partial charge in [-0.3, -0.25) is 4.79 Å². The second-order valence-corrected chi connectivity index (χ2v) is 6.02. The van der Waals surface area contributed by atoms with Crippen molar-refractivity contribution in [3.63, 3.8) is 0 Å². The van der Waals surface area contributed by atoms with Crippen LogP contribution in [-0.2, 0) is 12.0 Å². The molecule has 0 aliphatic carbocycles. The van der Waals surface area contributed by atoms with E-state index in [1.807, 2.05) is 24.3 Å². The lowest BCUT2D eigenvalue weighted by atomic mass is 9.84. The molecule has 2 aromatic rings. The minimum absolute atomic E-state index is 0.173. The number of amides is 1. The smallest absolute Gasteiger partial charge is 0.254 e. The Labute approximate surface area is 129 Å². The van der Waals surface area contributed by atoms with Crippen molar-refractivity contribution in [3.05, 3.63) is 58.5 Å². The van der Waals surface area contributed by atoms with E-state index in [1.54, 1.807) is 6.07 Å². The van der Waals surface area contributed by atoms with E-state index < -0.39 is 0 Å². The predicted molar refractivity (Wildman–Crippen MR) is 83.4 cm³/mol. The number of nitrogens with one attached hydrogen (secondary N) is 1. The van der Waals surface area contributed by atoms with Crippen molar-refractivity contribution in [2.24, 2.45) is 5.73 Å². The summed E-state index contributed by atoms with van der Waals surface area (Å²) in [6, 6.07) is 9.31. The van der Waals surface area contributed by atoms with Crippen LogP contribution in [0.1, 0.15) is 35.5 Å².